The van der Waals surface area contributed by atoms with Crippen LogP contribution in [0.1, 0.15) is 0 Å². The van der Waals surface area contributed by atoms with E-state index in [1.165, 1.54) is 0 Å². The number of hydrogen-bond acceptors (Lipinski definition) is 4. The number of ether oxygens (including phenoxy) is 4. The van der Waals surface area contributed by atoms with Crippen LogP contribution in [0.15, 0.2) is 24.3 Å². The number of rotatable bonds is 6. The van der Waals surface area contributed by atoms with Gasteiger partial charge in [0.25, 0.3) is 0 Å². The quantitative estimate of drug-likeness (QED) is 0.651. The lowest BCUT2D eigenvalue weighted by molar-refractivity contribution is 0.0460. The van der Waals surface area contributed by atoms with Crippen molar-refractivity contribution in [3.8, 4) is 11.5 Å². The van der Waals surface area contributed by atoms with Crippen LogP contribution in [0.2, 0.25) is 0 Å². The van der Waals surface area contributed by atoms with Gasteiger partial charge in [0.15, 0.2) is 13.6 Å². The lowest BCUT2D eigenvalue weighted by Gasteiger charge is -2.07. The van der Waals surface area contributed by atoms with Gasteiger partial charge in [0.2, 0.25) is 0 Å². The zero-order valence-corrected chi connectivity index (χ0v) is 8.36. The third-order valence-electron chi connectivity index (χ3n) is 1.49. The minimum Gasteiger partial charge on any atom is -0.467 e. The van der Waals surface area contributed by atoms with Crippen LogP contribution in [0.4, 0.5) is 0 Å². The molecule has 0 N–H and O–H groups in total. The summed E-state index contributed by atoms with van der Waals surface area (Å²) in [7, 11) is 3.15. The van der Waals surface area contributed by atoms with Crippen molar-refractivity contribution >= 4 is 0 Å². The first-order valence-electron chi connectivity index (χ1n) is 4.20. The summed E-state index contributed by atoms with van der Waals surface area (Å²) in [6, 6.07) is 7.28. The van der Waals surface area contributed by atoms with E-state index in [9.17, 15) is 0 Å². The summed E-state index contributed by atoms with van der Waals surface area (Å²) in [5.41, 5.74) is 0. The molecule has 4 heteroatoms. The maximum Gasteiger partial charge on any atom is 0.188 e. The van der Waals surface area contributed by atoms with Crippen LogP contribution in [0.25, 0.3) is 0 Å². The molecule has 4 nitrogen and oxygen atoms in total. The molecule has 0 saturated carbocycles. The van der Waals surface area contributed by atoms with E-state index in [-0.39, 0.29) is 13.6 Å². The standard InChI is InChI=1S/C10H14O4/c1-11-7-13-9-4-3-5-10(6-9)14-8-12-2/h3-6H,7-8H2,1-2H3. The van der Waals surface area contributed by atoms with Gasteiger partial charge in [0.05, 0.1) is 0 Å². The Hall–Kier alpha value is -1.26. The highest BCUT2D eigenvalue weighted by molar-refractivity contribution is 5.32. The van der Waals surface area contributed by atoms with E-state index in [0.29, 0.717) is 11.5 Å². The molecular formula is C10H14O4. The Bertz CT molecular complexity index is 239. The zero-order valence-electron chi connectivity index (χ0n) is 8.36. The first-order valence-corrected chi connectivity index (χ1v) is 4.20. The van der Waals surface area contributed by atoms with Gasteiger partial charge in [-0.25, -0.2) is 0 Å². The normalized spacial score (nSPS) is 9.86. The van der Waals surface area contributed by atoms with Crippen LogP contribution in [0.3, 0.4) is 0 Å². The molecule has 0 radical (unpaired) electrons. The second-order valence-corrected chi connectivity index (χ2v) is 2.58. The fourth-order valence-corrected chi connectivity index (χ4v) is 0.908. The van der Waals surface area contributed by atoms with Crippen molar-refractivity contribution in [1.82, 2.24) is 0 Å². The van der Waals surface area contributed by atoms with Gasteiger partial charge >= 0.3 is 0 Å². The molecule has 0 aromatic heterocycles. The van der Waals surface area contributed by atoms with E-state index in [4.69, 9.17) is 18.9 Å². The summed E-state index contributed by atoms with van der Waals surface area (Å²) in [6.07, 6.45) is 0. The van der Waals surface area contributed by atoms with Crippen LogP contribution < -0.4 is 9.47 Å². The molecule has 0 saturated heterocycles. The van der Waals surface area contributed by atoms with Gasteiger partial charge in [-0.2, -0.15) is 0 Å². The Morgan fingerprint density at radius 3 is 1.86 bits per heavy atom. The van der Waals surface area contributed by atoms with Gasteiger partial charge < -0.3 is 18.9 Å². The maximum atomic E-state index is 5.23. The highest BCUT2D eigenvalue weighted by Crippen LogP contribution is 2.19. The van der Waals surface area contributed by atoms with Crippen LogP contribution in [0.5, 0.6) is 11.5 Å². The number of benzene rings is 1. The summed E-state index contributed by atoms with van der Waals surface area (Å²) in [6.45, 7) is 0.460. The average molecular weight is 198 g/mol. The molecule has 0 atom stereocenters. The minimum atomic E-state index is 0.230. The molecule has 0 spiro atoms. The van der Waals surface area contributed by atoms with Crippen molar-refractivity contribution in [3.63, 3.8) is 0 Å². The fourth-order valence-electron chi connectivity index (χ4n) is 0.908. The van der Waals surface area contributed by atoms with Crippen molar-refractivity contribution in [2.75, 3.05) is 27.8 Å². The Morgan fingerprint density at radius 2 is 1.43 bits per heavy atom. The van der Waals surface area contributed by atoms with Crippen molar-refractivity contribution in [3.05, 3.63) is 24.3 Å². The summed E-state index contributed by atoms with van der Waals surface area (Å²) in [5, 5.41) is 0. The summed E-state index contributed by atoms with van der Waals surface area (Å²) >= 11 is 0. The predicted octanol–water partition coefficient (Wildman–Crippen LogP) is 1.65. The topological polar surface area (TPSA) is 36.9 Å². The average Bonchev–Trinajstić information content (AvgIpc) is 2.24. The van der Waals surface area contributed by atoms with Crippen molar-refractivity contribution in [2.24, 2.45) is 0 Å². The van der Waals surface area contributed by atoms with Gasteiger partial charge in [-0.3, -0.25) is 0 Å². The van der Waals surface area contributed by atoms with E-state index < -0.39 is 0 Å². The Morgan fingerprint density at radius 1 is 0.929 bits per heavy atom. The molecule has 1 aromatic rings. The lowest BCUT2D eigenvalue weighted by atomic mass is 10.3. The van der Waals surface area contributed by atoms with Gasteiger partial charge in [-0.05, 0) is 12.1 Å². The minimum absolute atomic E-state index is 0.230. The maximum absolute atomic E-state index is 5.23. The third kappa shape index (κ3) is 3.64. The molecule has 0 bridgehead atoms. The van der Waals surface area contributed by atoms with Gasteiger partial charge in [-0.1, -0.05) is 6.07 Å². The van der Waals surface area contributed by atoms with Crippen molar-refractivity contribution in [2.45, 2.75) is 0 Å². The third-order valence-corrected chi connectivity index (χ3v) is 1.49. The zero-order chi connectivity index (χ0) is 10.2. The molecule has 0 aliphatic carbocycles. The second-order valence-electron chi connectivity index (χ2n) is 2.58. The van der Waals surface area contributed by atoms with E-state index in [1.807, 2.05) is 18.2 Å². The molecule has 0 heterocycles. The molecule has 0 amide bonds. The van der Waals surface area contributed by atoms with Gasteiger partial charge in [0, 0.05) is 20.3 Å². The Kier molecular flexibility index (Phi) is 4.82. The molecule has 1 rings (SSSR count). The Labute approximate surface area is 83.3 Å². The molecule has 1 aromatic carbocycles. The van der Waals surface area contributed by atoms with Crippen LogP contribution in [-0.4, -0.2) is 27.8 Å². The van der Waals surface area contributed by atoms with E-state index >= 15 is 0 Å². The predicted molar refractivity (Wildman–Crippen MR) is 51.5 cm³/mol. The van der Waals surface area contributed by atoms with Crippen LogP contribution in [0, 0.1) is 0 Å². The monoisotopic (exact) mass is 198 g/mol. The molecule has 14 heavy (non-hydrogen) atoms. The van der Waals surface area contributed by atoms with Gasteiger partial charge in [-0.15, -0.1) is 0 Å². The lowest BCUT2D eigenvalue weighted by Crippen LogP contribution is -2.01. The molecule has 0 aliphatic heterocycles. The molecule has 0 unspecified atom stereocenters. The SMILES string of the molecule is COCOc1cccc(OCOC)c1. The van der Waals surface area contributed by atoms with Crippen LogP contribution in [-0.2, 0) is 9.47 Å². The van der Waals surface area contributed by atoms with Crippen LogP contribution >= 0.6 is 0 Å². The number of methoxy groups -OCH3 is 2. The van der Waals surface area contributed by atoms with Crippen molar-refractivity contribution < 1.29 is 18.9 Å². The smallest absolute Gasteiger partial charge is 0.188 e. The Balaban J connectivity index is 2.50. The fraction of sp³-hybridized carbons (Fsp3) is 0.400. The highest BCUT2D eigenvalue weighted by Gasteiger charge is 1.96. The molecular weight excluding hydrogens is 184 g/mol. The first-order chi connectivity index (χ1) is 6.86. The second kappa shape index (κ2) is 6.23. The van der Waals surface area contributed by atoms with Crippen molar-refractivity contribution in [1.29, 1.82) is 0 Å². The van der Waals surface area contributed by atoms with E-state index in [1.54, 1.807) is 20.3 Å². The molecule has 78 valence electrons. The first kappa shape index (κ1) is 10.8. The molecule has 0 fully saturated rings. The summed E-state index contributed by atoms with van der Waals surface area (Å²) in [5.74, 6) is 1.42. The largest absolute Gasteiger partial charge is 0.467 e. The van der Waals surface area contributed by atoms with E-state index in [0.717, 1.165) is 0 Å². The van der Waals surface area contributed by atoms with E-state index in [2.05, 4.69) is 0 Å². The summed E-state index contributed by atoms with van der Waals surface area (Å²) in [4.78, 5) is 0. The number of hydrogen-bond donors (Lipinski definition) is 0. The summed E-state index contributed by atoms with van der Waals surface area (Å²) < 4.78 is 20.0. The highest BCUT2D eigenvalue weighted by atomic mass is 16.7. The molecule has 0 aliphatic rings. The van der Waals surface area contributed by atoms with Gasteiger partial charge in [0.1, 0.15) is 11.5 Å².